The Hall–Kier alpha value is -2.20. The minimum absolute atomic E-state index is 0.00496. The van der Waals surface area contributed by atoms with Gasteiger partial charge in [0.25, 0.3) is 5.91 Å². The number of rotatable bonds is 6. The lowest BCUT2D eigenvalue weighted by atomic mass is 9.78. The predicted molar refractivity (Wildman–Crippen MR) is 123 cm³/mol. The lowest BCUT2D eigenvalue weighted by Crippen LogP contribution is -2.55. The van der Waals surface area contributed by atoms with Crippen molar-refractivity contribution in [1.29, 1.82) is 0 Å². The Kier molecular flexibility index (Phi) is 6.56. The smallest absolute Gasteiger partial charge is 0.261 e. The van der Waals surface area contributed by atoms with E-state index in [4.69, 9.17) is 16.3 Å². The van der Waals surface area contributed by atoms with Crippen molar-refractivity contribution in [3.05, 3.63) is 35.6 Å². The SMILES string of the molecule is O=CC(NC(=O)c1ccc(-c2cnccn2)s1)C1CCCC[C@@H]1N1C[C@H](Cl)[C@H]2OCC(=O)[C@H]21. The number of amides is 1. The maximum Gasteiger partial charge on any atom is 0.261 e. The number of nitrogens with zero attached hydrogens (tertiary/aromatic N) is 3. The molecule has 0 bridgehead atoms. The summed E-state index contributed by atoms with van der Waals surface area (Å²) in [6, 6.07) is 2.57. The number of halogens is 1. The molecule has 2 unspecified atom stereocenters. The Labute approximate surface area is 200 Å². The Morgan fingerprint density at radius 2 is 2.15 bits per heavy atom. The Morgan fingerprint density at radius 1 is 1.30 bits per heavy atom. The molecule has 2 aliphatic heterocycles. The van der Waals surface area contributed by atoms with E-state index in [0.717, 1.165) is 36.8 Å². The van der Waals surface area contributed by atoms with Crippen LogP contribution in [0.15, 0.2) is 30.7 Å². The number of aromatic nitrogens is 2. The first kappa shape index (κ1) is 22.6. The van der Waals surface area contributed by atoms with Gasteiger partial charge in [-0.15, -0.1) is 22.9 Å². The molecule has 1 saturated carbocycles. The molecule has 10 heteroatoms. The van der Waals surface area contributed by atoms with Crippen LogP contribution in [0.25, 0.3) is 10.6 Å². The molecular weight excluding hydrogens is 464 g/mol. The number of thiophene rings is 1. The fraction of sp³-hybridized carbons (Fsp3) is 0.522. The highest BCUT2D eigenvalue weighted by Crippen LogP contribution is 2.39. The molecule has 2 saturated heterocycles. The van der Waals surface area contributed by atoms with Crippen molar-refractivity contribution in [3.63, 3.8) is 0 Å². The highest BCUT2D eigenvalue weighted by molar-refractivity contribution is 7.17. The number of Topliss-reactive ketones (excluding diaryl/α,β-unsaturated/α-hetero) is 1. The number of aldehydes is 1. The van der Waals surface area contributed by atoms with Crippen molar-refractivity contribution < 1.29 is 19.1 Å². The molecule has 0 radical (unpaired) electrons. The molecule has 33 heavy (non-hydrogen) atoms. The fourth-order valence-electron chi connectivity index (χ4n) is 5.43. The number of fused-ring (bicyclic) bond motifs is 1. The van der Waals surface area contributed by atoms with Gasteiger partial charge in [0.1, 0.15) is 12.9 Å². The molecule has 0 spiro atoms. The summed E-state index contributed by atoms with van der Waals surface area (Å²) in [6.45, 7) is 0.641. The summed E-state index contributed by atoms with van der Waals surface area (Å²) in [5.74, 6) is -0.323. The molecule has 2 aromatic rings. The Morgan fingerprint density at radius 3 is 2.94 bits per heavy atom. The van der Waals surface area contributed by atoms with Crippen molar-refractivity contribution in [2.24, 2.45) is 5.92 Å². The van der Waals surface area contributed by atoms with Crippen molar-refractivity contribution in [2.45, 2.75) is 55.3 Å². The number of likely N-dealkylation sites (tertiary alicyclic amines) is 1. The first-order valence-corrected chi connectivity index (χ1v) is 12.5. The predicted octanol–water partition coefficient (Wildman–Crippen LogP) is 2.32. The van der Waals surface area contributed by atoms with Crippen molar-refractivity contribution >= 4 is 40.9 Å². The van der Waals surface area contributed by atoms with E-state index in [0.29, 0.717) is 17.1 Å². The van der Waals surface area contributed by atoms with Crippen LogP contribution in [0.1, 0.15) is 35.4 Å². The van der Waals surface area contributed by atoms with Crippen LogP contribution in [0.5, 0.6) is 0 Å². The Balaban J connectivity index is 1.32. The van der Waals surface area contributed by atoms with Gasteiger partial charge >= 0.3 is 0 Å². The standard InChI is InChI=1S/C23H25ClN4O4S/c24-14-10-28(21-18(30)12-32-22(14)21)17-4-2-1-3-13(17)16(11-29)27-23(31)20-6-5-19(33-20)15-9-25-7-8-26-15/h5-9,11,13-14,16-17,21-22H,1-4,10,12H2,(H,27,31)/t13?,14-,16?,17-,21+,22+/m0/s1. The minimum atomic E-state index is -0.643. The number of hydrogen-bond donors (Lipinski definition) is 1. The van der Waals surface area contributed by atoms with Gasteiger partial charge in [-0.1, -0.05) is 12.8 Å². The number of alkyl halides is 1. The van der Waals surface area contributed by atoms with E-state index < -0.39 is 6.04 Å². The largest absolute Gasteiger partial charge is 0.367 e. The van der Waals surface area contributed by atoms with Gasteiger partial charge in [-0.25, -0.2) is 0 Å². The van der Waals surface area contributed by atoms with Crippen LogP contribution in [-0.4, -0.2) is 75.6 Å². The average molecular weight is 489 g/mol. The van der Waals surface area contributed by atoms with Gasteiger partial charge in [0.15, 0.2) is 5.78 Å². The number of ketones is 1. The highest BCUT2D eigenvalue weighted by Gasteiger charge is 2.53. The van der Waals surface area contributed by atoms with Gasteiger partial charge in [0, 0.05) is 30.9 Å². The van der Waals surface area contributed by atoms with Crippen molar-refractivity contribution in [1.82, 2.24) is 20.2 Å². The number of nitrogens with one attached hydrogen (secondary N) is 1. The van der Waals surface area contributed by atoms with E-state index in [2.05, 4.69) is 20.2 Å². The molecular formula is C23H25ClN4O4S. The number of carbonyl (C=O) groups excluding carboxylic acids is 3. The summed E-state index contributed by atoms with van der Waals surface area (Å²) < 4.78 is 5.64. The zero-order valence-corrected chi connectivity index (χ0v) is 19.5. The maximum absolute atomic E-state index is 13.0. The Bertz CT molecular complexity index is 1030. The average Bonchev–Trinajstić information content (AvgIpc) is 3.56. The van der Waals surface area contributed by atoms with Crippen LogP contribution in [0.2, 0.25) is 0 Å². The quantitative estimate of drug-likeness (QED) is 0.491. The van der Waals surface area contributed by atoms with Crippen LogP contribution in [-0.2, 0) is 14.3 Å². The molecule has 0 aromatic carbocycles. The molecule has 1 aliphatic carbocycles. The third kappa shape index (κ3) is 4.35. The van der Waals surface area contributed by atoms with Gasteiger partial charge in [-0.05, 0) is 25.0 Å². The second-order valence-electron chi connectivity index (χ2n) is 8.81. The van der Waals surface area contributed by atoms with E-state index in [-0.39, 0.29) is 47.8 Å². The van der Waals surface area contributed by atoms with Gasteiger partial charge in [0.05, 0.1) is 45.2 Å². The third-order valence-electron chi connectivity index (χ3n) is 6.92. The molecule has 5 rings (SSSR count). The second-order valence-corrected chi connectivity index (χ2v) is 10.4. The normalized spacial score (nSPS) is 30.7. The highest BCUT2D eigenvalue weighted by atomic mass is 35.5. The molecule has 8 nitrogen and oxygen atoms in total. The van der Waals surface area contributed by atoms with Crippen molar-refractivity contribution in [2.75, 3.05) is 13.2 Å². The minimum Gasteiger partial charge on any atom is -0.367 e. The van der Waals surface area contributed by atoms with Gasteiger partial charge < -0.3 is 14.8 Å². The maximum atomic E-state index is 13.0. The number of carbonyl (C=O) groups is 3. The third-order valence-corrected chi connectivity index (χ3v) is 8.41. The molecule has 1 amide bonds. The van der Waals surface area contributed by atoms with Crippen LogP contribution in [0.4, 0.5) is 0 Å². The summed E-state index contributed by atoms with van der Waals surface area (Å²) in [5, 5.41) is 2.69. The fourth-order valence-corrected chi connectivity index (χ4v) is 6.67. The monoisotopic (exact) mass is 488 g/mol. The van der Waals surface area contributed by atoms with Crippen molar-refractivity contribution in [3.8, 4) is 10.6 Å². The van der Waals surface area contributed by atoms with Crippen LogP contribution < -0.4 is 5.32 Å². The molecule has 1 N–H and O–H groups in total. The number of hydrogen-bond acceptors (Lipinski definition) is 8. The summed E-state index contributed by atoms with van der Waals surface area (Å²) in [7, 11) is 0. The second kappa shape index (κ2) is 9.58. The van der Waals surface area contributed by atoms with E-state index in [9.17, 15) is 14.4 Å². The molecule has 2 aromatic heterocycles. The van der Waals surface area contributed by atoms with Crippen LogP contribution in [0.3, 0.4) is 0 Å². The lowest BCUT2D eigenvalue weighted by molar-refractivity contribution is -0.122. The van der Waals surface area contributed by atoms with Crippen LogP contribution in [0, 0.1) is 5.92 Å². The van der Waals surface area contributed by atoms with E-state index >= 15 is 0 Å². The zero-order chi connectivity index (χ0) is 22.9. The first-order valence-electron chi connectivity index (χ1n) is 11.2. The van der Waals surface area contributed by atoms with E-state index in [1.165, 1.54) is 11.3 Å². The topological polar surface area (TPSA) is 101 Å². The van der Waals surface area contributed by atoms with Crippen LogP contribution >= 0.6 is 22.9 Å². The summed E-state index contributed by atoms with van der Waals surface area (Å²) >= 11 is 7.82. The van der Waals surface area contributed by atoms with Gasteiger partial charge in [-0.2, -0.15) is 0 Å². The summed E-state index contributed by atoms with van der Waals surface area (Å²) in [4.78, 5) is 49.5. The first-order chi connectivity index (χ1) is 16.1. The molecule has 6 atom stereocenters. The van der Waals surface area contributed by atoms with Gasteiger partial charge in [0.2, 0.25) is 0 Å². The molecule has 4 heterocycles. The zero-order valence-electron chi connectivity index (χ0n) is 17.9. The molecule has 3 aliphatic rings. The molecule has 3 fully saturated rings. The summed E-state index contributed by atoms with van der Waals surface area (Å²) in [6.07, 6.45) is 9.05. The molecule has 174 valence electrons. The number of ether oxygens (including phenoxy) is 1. The summed E-state index contributed by atoms with van der Waals surface area (Å²) in [5.41, 5.74) is 0.698. The van der Waals surface area contributed by atoms with E-state index in [1.807, 2.05) is 6.07 Å². The van der Waals surface area contributed by atoms with Gasteiger partial charge in [-0.3, -0.25) is 24.5 Å². The lowest BCUT2D eigenvalue weighted by Gasteiger charge is -2.42. The van der Waals surface area contributed by atoms with E-state index in [1.54, 1.807) is 24.7 Å².